The van der Waals surface area contributed by atoms with Crippen LogP contribution in [0.1, 0.15) is 10.5 Å². The van der Waals surface area contributed by atoms with Crippen LogP contribution in [0.15, 0.2) is 12.4 Å². The van der Waals surface area contributed by atoms with E-state index in [2.05, 4.69) is 24.9 Å². The van der Waals surface area contributed by atoms with Gasteiger partial charge < -0.3 is 15.0 Å². The Morgan fingerprint density at radius 3 is 2.88 bits per heavy atom. The lowest BCUT2D eigenvalue weighted by molar-refractivity contribution is 0.0593. The summed E-state index contributed by atoms with van der Waals surface area (Å²) in [4.78, 5) is 21.6. The Morgan fingerprint density at radius 1 is 1.44 bits per heavy atom. The SMILES string of the molecule is COC(=O)c1cncc(N2CCNCC2)n1. The zero-order chi connectivity index (χ0) is 11.4. The van der Waals surface area contributed by atoms with Crippen molar-refractivity contribution in [3.05, 3.63) is 18.1 Å². The van der Waals surface area contributed by atoms with Crippen LogP contribution in [0.3, 0.4) is 0 Å². The zero-order valence-corrected chi connectivity index (χ0v) is 9.14. The number of ether oxygens (including phenoxy) is 1. The number of carbonyl (C=O) groups is 1. The van der Waals surface area contributed by atoms with Crippen LogP contribution < -0.4 is 10.2 Å². The molecule has 1 aliphatic rings. The third kappa shape index (κ3) is 2.27. The fourth-order valence-corrected chi connectivity index (χ4v) is 1.60. The Balaban J connectivity index is 2.17. The van der Waals surface area contributed by atoms with Crippen molar-refractivity contribution in [1.82, 2.24) is 15.3 Å². The monoisotopic (exact) mass is 222 g/mol. The minimum Gasteiger partial charge on any atom is -0.464 e. The van der Waals surface area contributed by atoms with E-state index in [1.54, 1.807) is 6.20 Å². The van der Waals surface area contributed by atoms with Crippen molar-refractivity contribution >= 4 is 11.8 Å². The number of hydrogen-bond acceptors (Lipinski definition) is 6. The number of nitrogens with zero attached hydrogens (tertiary/aromatic N) is 3. The first-order valence-electron chi connectivity index (χ1n) is 5.17. The maximum atomic E-state index is 11.3. The summed E-state index contributed by atoms with van der Waals surface area (Å²) in [5.74, 6) is 0.272. The van der Waals surface area contributed by atoms with E-state index in [0.29, 0.717) is 0 Å². The van der Waals surface area contributed by atoms with E-state index in [9.17, 15) is 4.79 Å². The summed E-state index contributed by atoms with van der Waals surface area (Å²) in [6.07, 6.45) is 3.08. The summed E-state index contributed by atoms with van der Waals surface area (Å²) >= 11 is 0. The number of hydrogen-bond donors (Lipinski definition) is 1. The molecule has 86 valence electrons. The predicted molar refractivity (Wildman–Crippen MR) is 58.5 cm³/mol. The molecule has 1 aromatic rings. The van der Waals surface area contributed by atoms with Gasteiger partial charge in [0.25, 0.3) is 0 Å². The molecular formula is C10H14N4O2. The molecule has 1 fully saturated rings. The molecule has 1 saturated heterocycles. The number of carbonyl (C=O) groups excluding carboxylic acids is 1. The van der Waals surface area contributed by atoms with E-state index in [1.807, 2.05) is 0 Å². The van der Waals surface area contributed by atoms with Crippen molar-refractivity contribution in [3.8, 4) is 0 Å². The highest BCUT2D eigenvalue weighted by molar-refractivity contribution is 5.87. The number of rotatable bonds is 2. The van der Waals surface area contributed by atoms with E-state index in [-0.39, 0.29) is 5.69 Å². The second kappa shape index (κ2) is 4.89. The van der Waals surface area contributed by atoms with Gasteiger partial charge in [0.15, 0.2) is 5.69 Å². The summed E-state index contributed by atoms with van der Waals surface area (Å²) in [5, 5.41) is 3.25. The first-order chi connectivity index (χ1) is 7.81. The van der Waals surface area contributed by atoms with Gasteiger partial charge in [0.05, 0.1) is 19.5 Å². The summed E-state index contributed by atoms with van der Waals surface area (Å²) in [6, 6.07) is 0. The van der Waals surface area contributed by atoms with Gasteiger partial charge in [0.2, 0.25) is 0 Å². The van der Waals surface area contributed by atoms with E-state index in [1.165, 1.54) is 13.3 Å². The first-order valence-corrected chi connectivity index (χ1v) is 5.17. The van der Waals surface area contributed by atoms with Gasteiger partial charge >= 0.3 is 5.97 Å². The quantitative estimate of drug-likeness (QED) is 0.691. The van der Waals surface area contributed by atoms with Crippen molar-refractivity contribution in [2.45, 2.75) is 0 Å². The van der Waals surface area contributed by atoms with Gasteiger partial charge in [-0.3, -0.25) is 4.98 Å². The molecule has 2 heterocycles. The van der Waals surface area contributed by atoms with Crippen LogP contribution in [0, 0.1) is 0 Å². The standard InChI is InChI=1S/C10H14N4O2/c1-16-10(15)8-6-12-7-9(13-8)14-4-2-11-3-5-14/h6-7,11H,2-5H2,1H3. The van der Waals surface area contributed by atoms with Crippen LogP contribution in [0.5, 0.6) is 0 Å². The maximum Gasteiger partial charge on any atom is 0.358 e. The highest BCUT2D eigenvalue weighted by Crippen LogP contribution is 2.10. The molecule has 0 aromatic carbocycles. The molecular weight excluding hydrogens is 208 g/mol. The topological polar surface area (TPSA) is 67.3 Å². The average Bonchev–Trinajstić information content (AvgIpc) is 2.39. The first kappa shape index (κ1) is 10.8. The second-order valence-corrected chi connectivity index (χ2v) is 3.49. The van der Waals surface area contributed by atoms with Gasteiger partial charge in [-0.15, -0.1) is 0 Å². The Morgan fingerprint density at radius 2 is 2.19 bits per heavy atom. The Kier molecular flexibility index (Phi) is 3.31. The molecule has 0 aliphatic carbocycles. The molecule has 0 bridgehead atoms. The third-order valence-corrected chi connectivity index (χ3v) is 2.46. The van der Waals surface area contributed by atoms with Crippen molar-refractivity contribution in [2.75, 3.05) is 38.2 Å². The van der Waals surface area contributed by atoms with Gasteiger partial charge in [0.1, 0.15) is 5.82 Å². The number of piperazine rings is 1. The minimum atomic E-state index is -0.454. The number of esters is 1. The van der Waals surface area contributed by atoms with Crippen molar-refractivity contribution in [3.63, 3.8) is 0 Å². The van der Waals surface area contributed by atoms with E-state index >= 15 is 0 Å². The van der Waals surface area contributed by atoms with Crippen LogP contribution in [0.2, 0.25) is 0 Å². The number of anilines is 1. The molecule has 6 heteroatoms. The van der Waals surface area contributed by atoms with Gasteiger partial charge in [-0.2, -0.15) is 0 Å². The van der Waals surface area contributed by atoms with Gasteiger partial charge in [-0.25, -0.2) is 9.78 Å². The highest BCUT2D eigenvalue weighted by Gasteiger charge is 2.14. The molecule has 0 radical (unpaired) electrons. The predicted octanol–water partition coefficient (Wildman–Crippen LogP) is -0.327. The molecule has 16 heavy (non-hydrogen) atoms. The van der Waals surface area contributed by atoms with Crippen molar-refractivity contribution in [1.29, 1.82) is 0 Å². The van der Waals surface area contributed by atoms with E-state index < -0.39 is 5.97 Å². The number of aromatic nitrogens is 2. The third-order valence-electron chi connectivity index (χ3n) is 2.46. The van der Waals surface area contributed by atoms with Crippen molar-refractivity contribution < 1.29 is 9.53 Å². The summed E-state index contributed by atoms with van der Waals surface area (Å²) in [6.45, 7) is 3.59. The summed E-state index contributed by atoms with van der Waals surface area (Å²) < 4.78 is 4.61. The Bertz CT molecular complexity index is 377. The molecule has 0 atom stereocenters. The van der Waals surface area contributed by atoms with Gasteiger partial charge in [-0.05, 0) is 0 Å². The second-order valence-electron chi connectivity index (χ2n) is 3.49. The smallest absolute Gasteiger partial charge is 0.358 e. The van der Waals surface area contributed by atoms with Crippen LogP contribution in [0.4, 0.5) is 5.82 Å². The van der Waals surface area contributed by atoms with E-state index in [0.717, 1.165) is 32.0 Å². The zero-order valence-electron chi connectivity index (χ0n) is 9.14. The number of nitrogens with one attached hydrogen (secondary N) is 1. The number of methoxy groups -OCH3 is 1. The molecule has 0 unspecified atom stereocenters. The molecule has 1 aliphatic heterocycles. The summed E-state index contributed by atoms with van der Waals surface area (Å²) in [5.41, 5.74) is 0.249. The lowest BCUT2D eigenvalue weighted by atomic mass is 10.3. The maximum absolute atomic E-state index is 11.3. The fourth-order valence-electron chi connectivity index (χ4n) is 1.60. The lowest BCUT2D eigenvalue weighted by Gasteiger charge is -2.28. The van der Waals surface area contributed by atoms with Crippen LogP contribution in [-0.2, 0) is 4.74 Å². The van der Waals surface area contributed by atoms with Crippen molar-refractivity contribution in [2.24, 2.45) is 0 Å². The normalized spacial score (nSPS) is 15.9. The van der Waals surface area contributed by atoms with E-state index in [4.69, 9.17) is 0 Å². The minimum absolute atomic E-state index is 0.249. The molecule has 0 spiro atoms. The molecule has 0 amide bonds. The van der Waals surface area contributed by atoms with Gasteiger partial charge in [-0.1, -0.05) is 0 Å². The summed E-state index contributed by atoms with van der Waals surface area (Å²) in [7, 11) is 1.33. The Hall–Kier alpha value is -1.69. The Labute approximate surface area is 93.6 Å². The van der Waals surface area contributed by atoms with Crippen LogP contribution in [0.25, 0.3) is 0 Å². The molecule has 1 N–H and O–H groups in total. The average molecular weight is 222 g/mol. The van der Waals surface area contributed by atoms with Crippen LogP contribution >= 0.6 is 0 Å². The lowest BCUT2D eigenvalue weighted by Crippen LogP contribution is -2.44. The van der Waals surface area contributed by atoms with Gasteiger partial charge in [0, 0.05) is 26.2 Å². The molecule has 2 rings (SSSR count). The fraction of sp³-hybridized carbons (Fsp3) is 0.500. The molecule has 0 saturated carbocycles. The van der Waals surface area contributed by atoms with Crippen LogP contribution in [-0.4, -0.2) is 49.2 Å². The highest BCUT2D eigenvalue weighted by atomic mass is 16.5. The molecule has 1 aromatic heterocycles. The largest absolute Gasteiger partial charge is 0.464 e. The molecule has 6 nitrogen and oxygen atoms in total.